The number of para-hydroxylation sites is 1. The number of amides is 2. The van der Waals surface area contributed by atoms with E-state index in [2.05, 4.69) is 10.6 Å². The molecule has 5 rings (SSSR count). The molecule has 0 radical (unpaired) electrons. The molecule has 2 heterocycles. The largest absolute Gasteiger partial charge is 0.350 e. The molecule has 0 unspecified atom stereocenters. The van der Waals surface area contributed by atoms with E-state index < -0.39 is 0 Å². The van der Waals surface area contributed by atoms with Crippen LogP contribution >= 0.6 is 12.2 Å². The van der Waals surface area contributed by atoms with Crippen molar-refractivity contribution in [3.8, 4) is 0 Å². The maximum Gasteiger partial charge on any atom is 0.281 e. The molecule has 1 saturated heterocycles. The van der Waals surface area contributed by atoms with Gasteiger partial charge in [-0.05, 0) is 67.0 Å². The van der Waals surface area contributed by atoms with Gasteiger partial charge in [0.15, 0.2) is 5.11 Å². The Bertz CT molecular complexity index is 1520. The lowest BCUT2D eigenvalue weighted by Crippen LogP contribution is -2.30. The van der Waals surface area contributed by atoms with Crippen molar-refractivity contribution in [3.05, 3.63) is 107 Å². The molecule has 6 nitrogen and oxygen atoms in total. The maximum atomic E-state index is 13.3. The zero-order valence-corrected chi connectivity index (χ0v) is 20.9. The van der Waals surface area contributed by atoms with Crippen LogP contribution in [0, 0.1) is 13.8 Å². The molecule has 1 aromatic heterocycles. The molecular weight excluding hydrogens is 468 g/mol. The number of benzene rings is 3. The summed E-state index contributed by atoms with van der Waals surface area (Å²) in [6, 6.07) is 23.5. The number of thiocarbonyl (C=S) groups is 1. The summed E-state index contributed by atoms with van der Waals surface area (Å²) in [5, 5.41) is 7.34. The highest BCUT2D eigenvalue weighted by Gasteiger charge is 2.32. The molecule has 3 aromatic carbocycles. The molecule has 0 spiro atoms. The fourth-order valence-electron chi connectivity index (χ4n) is 4.32. The molecule has 4 aromatic rings. The molecule has 2 amide bonds. The number of carbonyl (C=O) groups excluding carboxylic acids is 2. The summed E-state index contributed by atoms with van der Waals surface area (Å²) in [6.45, 7) is 4.69. The first-order chi connectivity index (χ1) is 17.4. The first-order valence-electron chi connectivity index (χ1n) is 11.7. The molecule has 0 atom stereocenters. The normalized spacial score (nSPS) is 14.5. The highest BCUT2D eigenvalue weighted by Crippen LogP contribution is 2.27. The Morgan fingerprint density at radius 2 is 1.75 bits per heavy atom. The van der Waals surface area contributed by atoms with Crippen LogP contribution in [0.2, 0.25) is 0 Å². The van der Waals surface area contributed by atoms with Gasteiger partial charge in [0.25, 0.3) is 5.91 Å². The Balaban J connectivity index is 1.40. The van der Waals surface area contributed by atoms with Crippen molar-refractivity contribution in [1.82, 2.24) is 15.2 Å². The lowest BCUT2D eigenvalue weighted by molar-refractivity contribution is -0.121. The fraction of sp³-hybridized carbons (Fsp3) is 0.138. The van der Waals surface area contributed by atoms with E-state index in [1.165, 1.54) is 4.90 Å². The van der Waals surface area contributed by atoms with Crippen LogP contribution in [0.1, 0.15) is 22.3 Å². The Labute approximate surface area is 215 Å². The van der Waals surface area contributed by atoms with Crippen molar-refractivity contribution in [3.63, 3.8) is 0 Å². The van der Waals surface area contributed by atoms with Crippen LogP contribution in [0.3, 0.4) is 0 Å². The van der Waals surface area contributed by atoms with Gasteiger partial charge >= 0.3 is 0 Å². The minimum Gasteiger partial charge on any atom is -0.350 e. The van der Waals surface area contributed by atoms with Gasteiger partial charge < -0.3 is 15.2 Å². The summed E-state index contributed by atoms with van der Waals surface area (Å²) < 4.78 is 1.90. The van der Waals surface area contributed by atoms with E-state index in [9.17, 15) is 9.59 Å². The van der Waals surface area contributed by atoms with Crippen LogP contribution in [0.25, 0.3) is 17.0 Å². The summed E-state index contributed by atoms with van der Waals surface area (Å²) in [5.41, 5.74) is 6.18. The van der Waals surface area contributed by atoms with Crippen LogP contribution in [-0.4, -0.2) is 21.5 Å². The summed E-state index contributed by atoms with van der Waals surface area (Å²) in [5.74, 6) is -0.295. The molecule has 1 aliphatic heterocycles. The number of aromatic nitrogens is 1. The first-order valence-corrected chi connectivity index (χ1v) is 12.1. The number of nitrogens with one attached hydrogen (secondary N) is 2. The summed E-state index contributed by atoms with van der Waals surface area (Å²) in [4.78, 5) is 27.5. The predicted molar refractivity (Wildman–Crippen MR) is 147 cm³/mol. The van der Waals surface area contributed by atoms with Gasteiger partial charge in [-0.3, -0.25) is 14.5 Å². The summed E-state index contributed by atoms with van der Waals surface area (Å²) in [7, 11) is 0. The highest BCUT2D eigenvalue weighted by molar-refractivity contribution is 7.80. The average Bonchev–Trinajstić information content (AvgIpc) is 3.36. The van der Waals surface area contributed by atoms with Crippen molar-refractivity contribution >= 4 is 51.8 Å². The number of aryl methyl sites for hydroxylation is 2. The van der Waals surface area contributed by atoms with Gasteiger partial charge in [-0.1, -0.05) is 54.6 Å². The van der Waals surface area contributed by atoms with Gasteiger partial charge in [-0.15, -0.1) is 0 Å². The molecule has 1 aliphatic rings. The number of hydrogen-bond acceptors (Lipinski definition) is 3. The zero-order valence-electron chi connectivity index (χ0n) is 20.1. The van der Waals surface area contributed by atoms with Crippen molar-refractivity contribution in [2.45, 2.75) is 26.9 Å². The third-order valence-electron chi connectivity index (χ3n) is 6.39. The van der Waals surface area contributed by atoms with Crippen molar-refractivity contribution in [2.75, 3.05) is 4.90 Å². The van der Waals surface area contributed by atoms with E-state index in [1.807, 2.05) is 97.4 Å². The number of hydrogen-bond donors (Lipinski definition) is 2. The maximum absolute atomic E-state index is 13.3. The Hall–Kier alpha value is -4.23. The molecule has 180 valence electrons. The lowest BCUT2D eigenvalue weighted by atomic mass is 10.1. The van der Waals surface area contributed by atoms with Crippen LogP contribution < -0.4 is 15.5 Å². The molecule has 1 fully saturated rings. The van der Waals surface area contributed by atoms with Gasteiger partial charge in [0.1, 0.15) is 12.2 Å². The average molecular weight is 495 g/mol. The number of fused-ring (bicyclic) bond motifs is 1. The third-order valence-corrected chi connectivity index (χ3v) is 6.68. The number of anilines is 1. The number of nitrogens with zero attached hydrogens (tertiary/aromatic N) is 2. The van der Waals surface area contributed by atoms with Gasteiger partial charge in [0, 0.05) is 29.2 Å². The summed E-state index contributed by atoms with van der Waals surface area (Å²) in [6.07, 6.45) is 3.70. The second-order valence-electron chi connectivity index (χ2n) is 8.89. The van der Waals surface area contributed by atoms with E-state index >= 15 is 0 Å². The second-order valence-corrected chi connectivity index (χ2v) is 9.28. The topological polar surface area (TPSA) is 66.4 Å². The van der Waals surface area contributed by atoms with E-state index in [0.717, 1.165) is 38.8 Å². The number of carbonyl (C=O) groups is 2. The molecule has 0 bridgehead atoms. The summed E-state index contributed by atoms with van der Waals surface area (Å²) >= 11 is 5.49. The van der Waals surface area contributed by atoms with Crippen LogP contribution in [-0.2, 0) is 22.7 Å². The molecule has 36 heavy (non-hydrogen) atoms. The molecule has 0 saturated carbocycles. The molecule has 7 heteroatoms. The van der Waals surface area contributed by atoms with Crippen LogP contribution in [0.15, 0.2) is 84.7 Å². The van der Waals surface area contributed by atoms with E-state index in [-0.39, 0.29) is 18.4 Å². The van der Waals surface area contributed by atoms with Gasteiger partial charge in [0.2, 0.25) is 5.91 Å². The molecular formula is C29H26N4O2S. The van der Waals surface area contributed by atoms with E-state index in [1.54, 1.807) is 6.08 Å². The SMILES string of the molecule is Cc1ccc(N2C(=O)/C(=C/c3cn(CC(=O)NCc4ccccc4)c4ccccc34)NC2=S)cc1C. The predicted octanol–water partition coefficient (Wildman–Crippen LogP) is 4.84. The van der Waals surface area contributed by atoms with Gasteiger partial charge in [0.05, 0.1) is 5.69 Å². The smallest absolute Gasteiger partial charge is 0.281 e. The van der Waals surface area contributed by atoms with Gasteiger partial charge in [-0.25, -0.2) is 0 Å². The van der Waals surface area contributed by atoms with E-state index in [0.29, 0.717) is 17.4 Å². The standard InChI is InChI=1S/C29H26N4O2S/c1-19-12-13-23(14-20(19)2)33-28(35)25(31-29(33)36)15-22-17-32(26-11-7-6-10-24(22)26)18-27(34)30-16-21-8-4-3-5-9-21/h3-15,17H,16,18H2,1-2H3,(H,30,34)(H,31,36)/b25-15-. The quantitative estimate of drug-likeness (QED) is 0.298. The number of rotatable bonds is 6. The van der Waals surface area contributed by atoms with Crippen molar-refractivity contribution < 1.29 is 9.59 Å². The van der Waals surface area contributed by atoms with Crippen LogP contribution in [0.4, 0.5) is 5.69 Å². The van der Waals surface area contributed by atoms with Crippen molar-refractivity contribution in [2.24, 2.45) is 0 Å². The fourth-order valence-corrected chi connectivity index (χ4v) is 4.62. The Morgan fingerprint density at radius 1 is 1.00 bits per heavy atom. The Kier molecular flexibility index (Phi) is 6.40. The monoisotopic (exact) mass is 494 g/mol. The second kappa shape index (κ2) is 9.79. The molecule has 2 N–H and O–H groups in total. The Morgan fingerprint density at radius 3 is 2.53 bits per heavy atom. The van der Waals surface area contributed by atoms with E-state index in [4.69, 9.17) is 12.2 Å². The van der Waals surface area contributed by atoms with Gasteiger partial charge in [-0.2, -0.15) is 0 Å². The minimum absolute atomic E-state index is 0.0871. The molecule has 0 aliphatic carbocycles. The van der Waals surface area contributed by atoms with Crippen LogP contribution in [0.5, 0.6) is 0 Å². The third kappa shape index (κ3) is 4.65. The highest BCUT2D eigenvalue weighted by atomic mass is 32.1. The van der Waals surface area contributed by atoms with Crippen molar-refractivity contribution in [1.29, 1.82) is 0 Å². The lowest BCUT2D eigenvalue weighted by Gasteiger charge is -2.15. The first kappa shape index (κ1) is 23.5. The zero-order chi connectivity index (χ0) is 25.2. The minimum atomic E-state index is -0.208.